The summed E-state index contributed by atoms with van der Waals surface area (Å²) in [5.41, 5.74) is -1.73. The Labute approximate surface area is 234 Å². The minimum Gasteiger partial charge on any atom is -0.478 e. The maximum absolute atomic E-state index is 15.6. The van der Waals surface area contributed by atoms with Gasteiger partial charge in [-0.15, -0.1) is 0 Å². The number of anilines is 2. The van der Waals surface area contributed by atoms with Crippen LogP contribution in [0, 0.1) is 11.6 Å². The number of urea groups is 1. The van der Waals surface area contributed by atoms with E-state index in [1.54, 1.807) is 6.92 Å². The van der Waals surface area contributed by atoms with Gasteiger partial charge >= 0.3 is 12.2 Å². The largest absolute Gasteiger partial charge is 0.478 e. The number of fused-ring (bicyclic) bond motifs is 3. The number of halogens is 2. The van der Waals surface area contributed by atoms with E-state index < -0.39 is 46.6 Å². The number of carbonyl (C=O) groups is 1. The average Bonchev–Trinajstić information content (AvgIpc) is 3.29. The van der Waals surface area contributed by atoms with Crippen LogP contribution in [0.4, 0.5) is 25.0 Å². The Balaban J connectivity index is 1.58. The SMILES string of the molecule is [B]C([B])(O)Oc1cc(OC(O)(O)O)c(F)c(N2Cc3cnc4[nH]c(CN5CCOCC5)cc4c3N(CC)C2=O)c1F. The number of amides is 2. The first-order valence-corrected chi connectivity index (χ1v) is 12.5. The lowest BCUT2D eigenvalue weighted by Gasteiger charge is -2.37. The van der Waals surface area contributed by atoms with E-state index in [4.69, 9.17) is 25.2 Å². The fourth-order valence-corrected chi connectivity index (χ4v) is 4.91. The Hall–Kier alpha value is -3.47. The van der Waals surface area contributed by atoms with Crippen molar-refractivity contribution in [1.29, 1.82) is 0 Å². The molecule has 0 aliphatic carbocycles. The number of aromatic nitrogens is 2. The van der Waals surface area contributed by atoms with Crippen LogP contribution in [0.5, 0.6) is 11.5 Å². The molecule has 0 saturated carbocycles. The molecule has 2 amide bonds. The lowest BCUT2D eigenvalue weighted by atomic mass is 9.76. The number of ether oxygens (including phenoxy) is 3. The molecular formula is C24H25B2F2N5O8. The van der Waals surface area contributed by atoms with Crippen LogP contribution >= 0.6 is 0 Å². The Morgan fingerprint density at radius 2 is 1.73 bits per heavy atom. The minimum absolute atomic E-state index is 0.0899. The van der Waals surface area contributed by atoms with Gasteiger partial charge in [-0.3, -0.25) is 14.7 Å². The molecule has 4 radical (unpaired) electrons. The molecule has 0 unspecified atom stereocenters. The molecule has 0 spiro atoms. The zero-order valence-electron chi connectivity index (χ0n) is 21.8. The van der Waals surface area contributed by atoms with Crippen LogP contribution in [0.15, 0.2) is 18.3 Å². The zero-order valence-corrected chi connectivity index (χ0v) is 21.8. The maximum atomic E-state index is 15.6. The van der Waals surface area contributed by atoms with Gasteiger partial charge < -0.3 is 39.6 Å². The van der Waals surface area contributed by atoms with E-state index in [2.05, 4.69) is 19.6 Å². The average molecular weight is 571 g/mol. The molecule has 2 aliphatic rings. The van der Waals surface area contributed by atoms with E-state index in [0.29, 0.717) is 53.0 Å². The molecule has 0 bridgehead atoms. The van der Waals surface area contributed by atoms with E-state index in [1.165, 1.54) is 11.1 Å². The van der Waals surface area contributed by atoms with Gasteiger partial charge in [-0.1, -0.05) is 0 Å². The summed E-state index contributed by atoms with van der Waals surface area (Å²) in [6, 6.07) is 1.43. The first kappa shape index (κ1) is 29.0. The number of aliphatic hydroxyl groups is 4. The van der Waals surface area contributed by atoms with Gasteiger partial charge in [-0.25, -0.2) is 18.6 Å². The van der Waals surface area contributed by atoms with E-state index in [0.717, 1.165) is 18.8 Å². The minimum atomic E-state index is -3.90. The van der Waals surface area contributed by atoms with Gasteiger partial charge in [0.1, 0.15) is 16.9 Å². The van der Waals surface area contributed by atoms with E-state index in [9.17, 15) is 25.2 Å². The van der Waals surface area contributed by atoms with Crippen LogP contribution in [0.3, 0.4) is 0 Å². The van der Waals surface area contributed by atoms with Crippen LogP contribution in [-0.4, -0.2) is 102 Å². The van der Waals surface area contributed by atoms with E-state index >= 15 is 8.78 Å². The van der Waals surface area contributed by atoms with Crippen molar-refractivity contribution in [2.75, 3.05) is 42.6 Å². The highest BCUT2D eigenvalue weighted by molar-refractivity contribution is 6.37. The fraction of sp³-hybridized carbons (Fsp3) is 0.417. The Kier molecular flexibility index (Phi) is 7.61. The quantitative estimate of drug-likeness (QED) is 0.183. The number of hydrogen-bond donors (Lipinski definition) is 5. The highest BCUT2D eigenvalue weighted by Gasteiger charge is 2.39. The fourth-order valence-electron chi connectivity index (χ4n) is 4.91. The van der Waals surface area contributed by atoms with Gasteiger partial charge in [0, 0.05) is 55.1 Å². The van der Waals surface area contributed by atoms with Crippen LogP contribution in [-0.2, 0) is 17.8 Å². The molecule has 2 aromatic heterocycles. The second-order valence-corrected chi connectivity index (χ2v) is 9.57. The third kappa shape index (κ3) is 5.95. The van der Waals surface area contributed by atoms with Crippen LogP contribution < -0.4 is 19.3 Å². The Bertz CT molecular complexity index is 1430. The van der Waals surface area contributed by atoms with Crippen molar-refractivity contribution in [3.05, 3.63) is 41.2 Å². The molecule has 17 heteroatoms. The van der Waals surface area contributed by atoms with Crippen LogP contribution in [0.2, 0.25) is 0 Å². The number of rotatable bonds is 8. The van der Waals surface area contributed by atoms with Crippen molar-refractivity contribution in [2.24, 2.45) is 0 Å². The number of nitrogens with one attached hydrogen (secondary N) is 1. The monoisotopic (exact) mass is 571 g/mol. The number of benzene rings is 1. The molecule has 2 aliphatic heterocycles. The first-order valence-electron chi connectivity index (χ1n) is 12.5. The summed E-state index contributed by atoms with van der Waals surface area (Å²) in [7, 11) is 10.4. The Morgan fingerprint density at radius 3 is 2.34 bits per heavy atom. The topological polar surface area (TPSA) is 164 Å². The third-order valence-electron chi connectivity index (χ3n) is 6.54. The third-order valence-corrected chi connectivity index (χ3v) is 6.54. The number of H-pyrrole nitrogens is 1. The van der Waals surface area contributed by atoms with E-state index in [-0.39, 0.29) is 13.1 Å². The zero-order chi connectivity index (χ0) is 29.7. The highest BCUT2D eigenvalue weighted by atomic mass is 19.1. The first-order chi connectivity index (χ1) is 19.3. The molecule has 4 heterocycles. The number of hydrogen-bond acceptors (Lipinski definition) is 10. The second kappa shape index (κ2) is 10.7. The van der Waals surface area contributed by atoms with Gasteiger partial charge in [0.25, 0.3) is 0 Å². The molecule has 1 saturated heterocycles. The lowest BCUT2D eigenvalue weighted by molar-refractivity contribution is -0.420. The summed E-state index contributed by atoms with van der Waals surface area (Å²) in [6.07, 6.45) is -2.44. The van der Waals surface area contributed by atoms with Crippen molar-refractivity contribution >= 4 is 44.1 Å². The van der Waals surface area contributed by atoms with Gasteiger partial charge in [0.2, 0.25) is 0 Å². The molecule has 5 N–H and O–H groups in total. The number of nitrogens with zero attached hydrogens (tertiary/aromatic N) is 4. The molecule has 41 heavy (non-hydrogen) atoms. The normalized spacial score (nSPS) is 16.8. The maximum Gasteiger partial charge on any atom is 0.453 e. The van der Waals surface area contributed by atoms with Crippen molar-refractivity contribution in [1.82, 2.24) is 14.9 Å². The molecule has 0 atom stereocenters. The molecule has 1 fully saturated rings. The summed E-state index contributed by atoms with van der Waals surface area (Å²) in [6.45, 7) is 4.75. The van der Waals surface area contributed by atoms with Gasteiger partial charge in [0.05, 0.1) is 25.4 Å². The molecule has 13 nitrogen and oxygen atoms in total. The van der Waals surface area contributed by atoms with Gasteiger partial charge in [0.15, 0.2) is 38.8 Å². The molecule has 5 rings (SSSR count). The van der Waals surface area contributed by atoms with Crippen molar-refractivity contribution in [3.8, 4) is 11.5 Å². The van der Waals surface area contributed by atoms with Crippen LogP contribution in [0.25, 0.3) is 11.0 Å². The molecule has 1 aromatic carbocycles. The molecule has 214 valence electrons. The summed E-state index contributed by atoms with van der Waals surface area (Å²) >= 11 is 0. The van der Waals surface area contributed by atoms with Crippen LogP contribution in [0.1, 0.15) is 18.2 Å². The predicted molar refractivity (Wildman–Crippen MR) is 140 cm³/mol. The molecule has 3 aromatic rings. The van der Waals surface area contributed by atoms with Gasteiger partial charge in [-0.2, -0.15) is 0 Å². The Morgan fingerprint density at radius 1 is 1.07 bits per heavy atom. The smallest absolute Gasteiger partial charge is 0.453 e. The van der Waals surface area contributed by atoms with Crippen molar-refractivity contribution < 1.29 is 48.2 Å². The number of carbonyl (C=O) groups excluding carboxylic acids is 1. The lowest BCUT2D eigenvalue weighted by Crippen LogP contribution is -2.48. The standard InChI is InChI=1S/C24H25B2F2N5O8/c1-2-32-19-12(9-29-21-14(19)7-13(30-21)11-31-3-5-39-6-4-31)10-33(22(32)34)20-17(27)15(40-23(25,26)35)8-16(18(20)28)41-24(36,37)38/h7-9,35-38H,2-6,10-11H2,1H3,(H,29,30). The van der Waals surface area contributed by atoms with E-state index in [1.807, 2.05) is 6.07 Å². The van der Waals surface area contributed by atoms with Crippen molar-refractivity contribution in [3.63, 3.8) is 0 Å². The predicted octanol–water partition coefficient (Wildman–Crippen LogP) is -0.0738. The summed E-state index contributed by atoms with van der Waals surface area (Å²) in [5.74, 6) is -5.33. The number of morpholine rings is 1. The number of pyridine rings is 1. The van der Waals surface area contributed by atoms with Crippen molar-refractivity contribution in [2.45, 2.75) is 31.8 Å². The second-order valence-electron chi connectivity index (χ2n) is 9.57. The highest BCUT2D eigenvalue weighted by Crippen LogP contribution is 2.43. The summed E-state index contributed by atoms with van der Waals surface area (Å²) in [5, 5.41) is 38.0. The summed E-state index contributed by atoms with van der Waals surface area (Å²) in [4.78, 5) is 25.6. The van der Waals surface area contributed by atoms with Gasteiger partial charge in [-0.05, 0) is 13.0 Å². The molecular weight excluding hydrogens is 546 g/mol. The number of aromatic amines is 1. The summed E-state index contributed by atoms with van der Waals surface area (Å²) < 4.78 is 45.7.